The van der Waals surface area contributed by atoms with Gasteiger partial charge in [0.1, 0.15) is 22.8 Å². The Kier molecular flexibility index (Phi) is 5.06. The smallest absolute Gasteiger partial charge is 0.255 e. The van der Waals surface area contributed by atoms with Gasteiger partial charge in [0.2, 0.25) is 5.78 Å². The van der Waals surface area contributed by atoms with Crippen molar-refractivity contribution in [2.45, 2.75) is 24.5 Å². The van der Waals surface area contributed by atoms with Crippen molar-refractivity contribution in [3.8, 4) is 5.75 Å². The Labute approximate surface area is 190 Å². The fraction of sp³-hybridized carbons (Fsp3) is 0.435. The number of amides is 1. The molecule has 176 valence electrons. The van der Waals surface area contributed by atoms with E-state index in [9.17, 15) is 34.8 Å². The van der Waals surface area contributed by atoms with Gasteiger partial charge < -0.3 is 31.1 Å². The normalized spacial score (nSPS) is 29.1. The van der Waals surface area contributed by atoms with Gasteiger partial charge in [-0.2, -0.15) is 0 Å². The molecule has 0 aromatic heterocycles. The first-order valence-electron chi connectivity index (χ1n) is 10.5. The predicted molar refractivity (Wildman–Crippen MR) is 119 cm³/mol. The van der Waals surface area contributed by atoms with Gasteiger partial charge in [-0.1, -0.05) is 0 Å². The van der Waals surface area contributed by atoms with E-state index in [1.165, 1.54) is 11.0 Å². The molecule has 3 aliphatic rings. The number of aromatic hydroxyl groups is 1. The van der Waals surface area contributed by atoms with Gasteiger partial charge in [0, 0.05) is 31.3 Å². The Morgan fingerprint density at radius 2 is 1.76 bits per heavy atom. The molecule has 0 unspecified atom stereocenters. The van der Waals surface area contributed by atoms with Crippen molar-refractivity contribution in [1.29, 1.82) is 0 Å². The Balaban J connectivity index is 1.99. The van der Waals surface area contributed by atoms with Crippen molar-refractivity contribution in [2.75, 3.05) is 33.1 Å². The van der Waals surface area contributed by atoms with Crippen LogP contribution in [0, 0.1) is 11.8 Å². The van der Waals surface area contributed by atoms with Crippen molar-refractivity contribution in [2.24, 2.45) is 17.6 Å². The number of phenolic OH excluding ortho intramolecular Hbond substituents is 1. The monoisotopic (exact) mass is 457 g/mol. The molecule has 0 spiro atoms. The van der Waals surface area contributed by atoms with Gasteiger partial charge in [-0.25, -0.2) is 0 Å². The zero-order valence-electron chi connectivity index (χ0n) is 18.8. The summed E-state index contributed by atoms with van der Waals surface area (Å²) < 4.78 is 0. The molecule has 10 nitrogen and oxygen atoms in total. The fourth-order valence-electron chi connectivity index (χ4n) is 5.65. The maximum absolute atomic E-state index is 13.7. The maximum Gasteiger partial charge on any atom is 0.255 e. The first-order valence-corrected chi connectivity index (χ1v) is 10.5. The van der Waals surface area contributed by atoms with Crippen LogP contribution in [0.15, 0.2) is 29.0 Å². The first kappa shape index (κ1) is 22.8. The standard InChI is InChI=1S/C23H27N3O7/c1-25(2)12-5-6-13(27)15-10(12)7-9-8-11-17(26(3)4)19(29)16(22(24)32)21(31)23(11,33)20(30)14(9)18(15)28/h5-6,9,11,17,27-28,31,33H,7-8H2,1-4H3,(H2,24,32)/t9-,11+,17+,23+/m1/s1. The lowest BCUT2D eigenvalue weighted by molar-refractivity contribution is -0.153. The van der Waals surface area contributed by atoms with Crippen LogP contribution in [0.25, 0.3) is 5.76 Å². The number of Topliss-reactive ketones (excluding diaryl/α,β-unsaturated/α-hetero) is 2. The molecule has 0 radical (unpaired) electrons. The van der Waals surface area contributed by atoms with Gasteiger partial charge in [-0.3, -0.25) is 19.3 Å². The molecular formula is C23H27N3O7. The molecule has 1 amide bonds. The molecule has 33 heavy (non-hydrogen) atoms. The quantitative estimate of drug-likeness (QED) is 0.394. The largest absolute Gasteiger partial charge is 0.508 e. The molecule has 0 heterocycles. The van der Waals surface area contributed by atoms with E-state index in [1.807, 2.05) is 19.0 Å². The number of fused-ring (bicyclic) bond motifs is 3. The van der Waals surface area contributed by atoms with E-state index in [0.717, 1.165) is 5.69 Å². The summed E-state index contributed by atoms with van der Waals surface area (Å²) in [5.41, 5.74) is 3.15. The molecule has 4 atom stereocenters. The molecular weight excluding hydrogens is 430 g/mol. The summed E-state index contributed by atoms with van der Waals surface area (Å²) in [5.74, 6) is -6.54. The van der Waals surface area contributed by atoms with E-state index in [2.05, 4.69) is 0 Å². The predicted octanol–water partition coefficient (Wildman–Crippen LogP) is 0.0300. The maximum atomic E-state index is 13.7. The van der Waals surface area contributed by atoms with Crippen LogP contribution in [0.2, 0.25) is 0 Å². The Morgan fingerprint density at radius 1 is 1.12 bits per heavy atom. The Morgan fingerprint density at radius 3 is 2.30 bits per heavy atom. The molecule has 1 aromatic rings. The van der Waals surface area contributed by atoms with E-state index in [-0.39, 0.29) is 29.7 Å². The van der Waals surface area contributed by atoms with Gasteiger partial charge in [-0.15, -0.1) is 0 Å². The highest BCUT2D eigenvalue weighted by Crippen LogP contribution is 2.53. The van der Waals surface area contributed by atoms with Gasteiger partial charge in [0.25, 0.3) is 5.91 Å². The number of carbonyl (C=O) groups excluding carboxylic acids is 3. The van der Waals surface area contributed by atoms with Crippen LogP contribution < -0.4 is 10.6 Å². The summed E-state index contributed by atoms with van der Waals surface area (Å²) in [6.07, 6.45) is 0.324. The number of ketones is 2. The number of nitrogens with zero attached hydrogens (tertiary/aromatic N) is 2. The van der Waals surface area contributed by atoms with Crippen LogP contribution in [0.5, 0.6) is 5.75 Å². The second kappa shape index (κ2) is 7.32. The van der Waals surface area contributed by atoms with E-state index in [1.54, 1.807) is 20.2 Å². The third kappa shape index (κ3) is 2.90. The number of anilines is 1. The van der Waals surface area contributed by atoms with Crippen LogP contribution in [0.3, 0.4) is 0 Å². The second-order valence-electron chi connectivity index (χ2n) is 9.31. The van der Waals surface area contributed by atoms with Crippen molar-refractivity contribution < 1.29 is 34.8 Å². The van der Waals surface area contributed by atoms with Crippen molar-refractivity contribution >= 4 is 28.9 Å². The van der Waals surface area contributed by atoms with E-state index >= 15 is 0 Å². The minimum Gasteiger partial charge on any atom is -0.508 e. The molecule has 1 fully saturated rings. The van der Waals surface area contributed by atoms with Gasteiger partial charge in [0.15, 0.2) is 11.4 Å². The number of hydrogen-bond donors (Lipinski definition) is 5. The van der Waals surface area contributed by atoms with Crippen LogP contribution in [0.4, 0.5) is 5.69 Å². The van der Waals surface area contributed by atoms with Gasteiger partial charge >= 0.3 is 0 Å². The lowest BCUT2D eigenvalue weighted by Gasteiger charge is -2.50. The summed E-state index contributed by atoms with van der Waals surface area (Å²) in [6.45, 7) is 0. The average Bonchev–Trinajstić information content (AvgIpc) is 2.70. The van der Waals surface area contributed by atoms with Crippen LogP contribution >= 0.6 is 0 Å². The molecule has 10 heteroatoms. The topological polar surface area (TPSA) is 165 Å². The van der Waals surface area contributed by atoms with E-state index in [4.69, 9.17) is 5.73 Å². The summed E-state index contributed by atoms with van der Waals surface area (Å²) in [5, 5.41) is 43.9. The number of phenols is 1. The number of aliphatic hydroxyl groups is 3. The number of hydrogen-bond acceptors (Lipinski definition) is 9. The van der Waals surface area contributed by atoms with Gasteiger partial charge in [0.05, 0.1) is 11.6 Å². The highest BCUT2D eigenvalue weighted by Gasteiger charge is 2.64. The number of benzene rings is 1. The average molecular weight is 457 g/mol. The number of likely N-dealkylation sites (N-methyl/N-ethyl adjacent to an activating group) is 1. The Bertz CT molecular complexity index is 1170. The third-order valence-corrected chi connectivity index (χ3v) is 7.06. The first-order chi connectivity index (χ1) is 15.3. The minimum atomic E-state index is -2.63. The molecule has 4 rings (SSSR count). The number of rotatable bonds is 3. The highest BCUT2D eigenvalue weighted by molar-refractivity contribution is 6.24. The minimum absolute atomic E-state index is 0.0638. The van der Waals surface area contributed by atoms with Crippen molar-refractivity contribution in [1.82, 2.24) is 4.90 Å². The highest BCUT2D eigenvalue weighted by atomic mass is 16.3. The van der Waals surface area contributed by atoms with Crippen LogP contribution in [-0.4, -0.2) is 82.6 Å². The van der Waals surface area contributed by atoms with Crippen LogP contribution in [-0.2, 0) is 20.8 Å². The number of primary amides is 1. The lowest BCUT2D eigenvalue weighted by Crippen LogP contribution is -2.65. The Hall–Kier alpha value is -3.37. The molecule has 0 saturated heterocycles. The molecule has 3 aliphatic carbocycles. The van der Waals surface area contributed by atoms with Gasteiger partial charge in [-0.05, 0) is 50.6 Å². The molecule has 0 bridgehead atoms. The molecule has 1 aromatic carbocycles. The summed E-state index contributed by atoms with van der Waals surface area (Å²) >= 11 is 0. The molecule has 1 saturated carbocycles. The number of aliphatic hydroxyl groups excluding tert-OH is 2. The van der Waals surface area contributed by atoms with Crippen molar-refractivity contribution in [3.05, 3.63) is 40.2 Å². The number of nitrogens with two attached hydrogens (primary N) is 1. The van der Waals surface area contributed by atoms with E-state index < -0.39 is 58.0 Å². The molecule has 0 aliphatic heterocycles. The van der Waals surface area contributed by atoms with Crippen LogP contribution in [0.1, 0.15) is 17.5 Å². The third-order valence-electron chi connectivity index (χ3n) is 7.06. The lowest BCUT2D eigenvalue weighted by atomic mass is 9.57. The number of carbonyl (C=O) groups is 3. The zero-order chi connectivity index (χ0) is 24.6. The fourth-order valence-corrected chi connectivity index (χ4v) is 5.65. The van der Waals surface area contributed by atoms with E-state index in [0.29, 0.717) is 5.56 Å². The summed E-state index contributed by atoms with van der Waals surface area (Å²) in [7, 11) is 6.75. The molecule has 6 N–H and O–H groups in total. The summed E-state index contributed by atoms with van der Waals surface area (Å²) in [6, 6.07) is 2.01. The second-order valence-corrected chi connectivity index (χ2v) is 9.31. The van der Waals surface area contributed by atoms with Crippen molar-refractivity contribution in [3.63, 3.8) is 0 Å². The SMILES string of the molecule is CN(C)c1ccc(O)c2c1C[C@@H]1C[C@H]3[C@H](N(C)C)C(=O)C(C(N)=O)=C(O)[C@@]3(O)C(=O)C1=C2O. The summed E-state index contributed by atoms with van der Waals surface area (Å²) in [4.78, 5) is 42.0. The zero-order valence-corrected chi connectivity index (χ0v) is 18.8.